The van der Waals surface area contributed by atoms with Crippen molar-refractivity contribution in [2.75, 3.05) is 22.1 Å². The summed E-state index contributed by atoms with van der Waals surface area (Å²) in [5.74, 6) is 0.369. The van der Waals surface area contributed by atoms with E-state index in [-0.39, 0.29) is 29.1 Å². The molecule has 1 atom stereocenters. The fourth-order valence-electron chi connectivity index (χ4n) is 2.92. The van der Waals surface area contributed by atoms with Crippen molar-refractivity contribution >= 4 is 27.2 Å². The number of hydrogen-bond acceptors (Lipinski definition) is 6. The Balaban J connectivity index is 1.71. The van der Waals surface area contributed by atoms with Crippen LogP contribution in [-0.4, -0.2) is 41.8 Å². The average molecular weight is 360 g/mol. The van der Waals surface area contributed by atoms with Gasteiger partial charge in [-0.3, -0.25) is 4.79 Å². The van der Waals surface area contributed by atoms with Crippen LogP contribution < -0.4 is 10.6 Å². The number of sulfone groups is 1. The van der Waals surface area contributed by atoms with Gasteiger partial charge in [-0.1, -0.05) is 6.07 Å². The molecule has 7 nitrogen and oxygen atoms in total. The Bertz CT molecular complexity index is 892. The molecule has 0 radical (unpaired) electrons. The maximum atomic E-state index is 12.4. The molecule has 0 spiro atoms. The first-order chi connectivity index (χ1) is 11.8. The van der Waals surface area contributed by atoms with Crippen LogP contribution in [0.4, 0.5) is 11.5 Å². The molecule has 2 heterocycles. The monoisotopic (exact) mass is 360 g/mol. The van der Waals surface area contributed by atoms with Crippen molar-refractivity contribution in [3.63, 3.8) is 0 Å². The third kappa shape index (κ3) is 4.54. The number of carbonyl (C=O) groups excluding carboxylic acids is 1. The van der Waals surface area contributed by atoms with Gasteiger partial charge in [0.2, 0.25) is 0 Å². The second-order valence-corrected chi connectivity index (χ2v) is 8.59. The molecule has 1 saturated heterocycles. The van der Waals surface area contributed by atoms with Crippen LogP contribution in [0.15, 0.2) is 30.6 Å². The lowest BCUT2D eigenvalue weighted by Gasteiger charge is -2.12. The normalized spacial score (nSPS) is 18.7. The van der Waals surface area contributed by atoms with Crippen molar-refractivity contribution in [2.24, 2.45) is 0 Å². The first-order valence-corrected chi connectivity index (χ1v) is 9.81. The Kier molecular flexibility index (Phi) is 4.71. The van der Waals surface area contributed by atoms with E-state index < -0.39 is 9.84 Å². The molecule has 0 aliphatic carbocycles. The summed E-state index contributed by atoms with van der Waals surface area (Å²) < 4.78 is 23.1. The maximum Gasteiger partial charge on any atom is 0.274 e. The molecule has 132 valence electrons. The molecule has 2 N–H and O–H groups in total. The summed E-state index contributed by atoms with van der Waals surface area (Å²) in [7, 11) is -2.98. The zero-order chi connectivity index (χ0) is 18.0. The largest absolute Gasteiger partial charge is 0.366 e. The van der Waals surface area contributed by atoms with Gasteiger partial charge in [-0.15, -0.1) is 0 Å². The number of nitrogens with zero attached hydrogens (tertiary/aromatic N) is 2. The molecule has 1 unspecified atom stereocenters. The van der Waals surface area contributed by atoms with Crippen LogP contribution in [-0.2, 0) is 9.84 Å². The molecule has 3 rings (SSSR count). The molecule has 1 aliphatic rings. The number of hydrogen-bond donors (Lipinski definition) is 2. The van der Waals surface area contributed by atoms with Crippen molar-refractivity contribution in [1.29, 1.82) is 0 Å². The van der Waals surface area contributed by atoms with Gasteiger partial charge >= 0.3 is 0 Å². The minimum absolute atomic E-state index is 0.0844. The molecule has 1 aliphatic heterocycles. The van der Waals surface area contributed by atoms with E-state index in [0.717, 1.165) is 11.1 Å². The minimum atomic E-state index is -2.98. The first-order valence-electron chi connectivity index (χ1n) is 7.99. The summed E-state index contributed by atoms with van der Waals surface area (Å²) >= 11 is 0. The van der Waals surface area contributed by atoms with E-state index in [1.807, 2.05) is 32.0 Å². The van der Waals surface area contributed by atoms with Crippen molar-refractivity contribution in [1.82, 2.24) is 9.97 Å². The Morgan fingerprint density at radius 1 is 1.12 bits per heavy atom. The van der Waals surface area contributed by atoms with Crippen LogP contribution in [0.2, 0.25) is 0 Å². The zero-order valence-electron chi connectivity index (χ0n) is 14.1. The van der Waals surface area contributed by atoms with Gasteiger partial charge in [-0.2, -0.15) is 0 Å². The van der Waals surface area contributed by atoms with Gasteiger partial charge in [0.1, 0.15) is 17.8 Å². The van der Waals surface area contributed by atoms with Gasteiger partial charge in [0, 0.05) is 17.8 Å². The third-order valence-electron chi connectivity index (χ3n) is 3.96. The molecular weight excluding hydrogens is 340 g/mol. The van der Waals surface area contributed by atoms with Gasteiger partial charge in [0.05, 0.1) is 11.5 Å². The third-order valence-corrected chi connectivity index (χ3v) is 5.73. The summed E-state index contributed by atoms with van der Waals surface area (Å²) in [4.78, 5) is 20.5. The van der Waals surface area contributed by atoms with E-state index in [4.69, 9.17) is 0 Å². The Morgan fingerprint density at radius 3 is 2.48 bits per heavy atom. The number of amides is 1. The van der Waals surface area contributed by atoms with Crippen molar-refractivity contribution in [3.05, 3.63) is 47.4 Å². The lowest BCUT2D eigenvalue weighted by molar-refractivity contribution is 0.102. The van der Waals surface area contributed by atoms with Crippen LogP contribution in [0.25, 0.3) is 0 Å². The second-order valence-electron chi connectivity index (χ2n) is 6.36. The molecule has 0 bridgehead atoms. The minimum Gasteiger partial charge on any atom is -0.366 e. The van der Waals surface area contributed by atoms with Gasteiger partial charge < -0.3 is 10.6 Å². The van der Waals surface area contributed by atoms with Crippen LogP contribution in [0.1, 0.15) is 28.0 Å². The quantitative estimate of drug-likeness (QED) is 0.864. The highest BCUT2D eigenvalue weighted by Crippen LogP contribution is 2.18. The highest BCUT2D eigenvalue weighted by atomic mass is 32.2. The predicted molar refractivity (Wildman–Crippen MR) is 96.6 cm³/mol. The number of benzene rings is 1. The van der Waals surface area contributed by atoms with E-state index >= 15 is 0 Å². The lowest BCUT2D eigenvalue weighted by Crippen LogP contribution is -2.22. The van der Waals surface area contributed by atoms with E-state index in [2.05, 4.69) is 20.6 Å². The van der Waals surface area contributed by atoms with Crippen molar-refractivity contribution in [2.45, 2.75) is 26.3 Å². The molecule has 1 aromatic carbocycles. The maximum absolute atomic E-state index is 12.4. The van der Waals surface area contributed by atoms with Crippen LogP contribution >= 0.6 is 0 Å². The smallest absolute Gasteiger partial charge is 0.274 e. The van der Waals surface area contributed by atoms with Gasteiger partial charge in [-0.25, -0.2) is 18.4 Å². The highest BCUT2D eigenvalue weighted by Gasteiger charge is 2.28. The molecule has 1 fully saturated rings. The average Bonchev–Trinajstić information content (AvgIpc) is 2.85. The SMILES string of the molecule is Cc1cc(C)cc(NC(=O)c2cc(NC3CCS(=O)(=O)C3)ncn2)c1. The van der Waals surface area contributed by atoms with E-state index in [9.17, 15) is 13.2 Å². The lowest BCUT2D eigenvalue weighted by atomic mass is 10.1. The summed E-state index contributed by atoms with van der Waals surface area (Å²) in [6.07, 6.45) is 1.83. The van der Waals surface area contributed by atoms with Crippen molar-refractivity contribution in [3.8, 4) is 0 Å². The zero-order valence-corrected chi connectivity index (χ0v) is 14.9. The highest BCUT2D eigenvalue weighted by molar-refractivity contribution is 7.91. The summed E-state index contributed by atoms with van der Waals surface area (Å²) in [5.41, 5.74) is 3.04. The Labute approximate surface area is 146 Å². The molecule has 1 amide bonds. The van der Waals surface area contributed by atoms with E-state index in [0.29, 0.717) is 17.9 Å². The van der Waals surface area contributed by atoms with Gasteiger partial charge in [-0.05, 0) is 43.5 Å². The fraction of sp³-hybridized carbons (Fsp3) is 0.353. The number of rotatable bonds is 4. The number of nitrogens with one attached hydrogen (secondary N) is 2. The van der Waals surface area contributed by atoms with Gasteiger partial charge in [0.25, 0.3) is 5.91 Å². The number of aromatic nitrogens is 2. The Hall–Kier alpha value is -2.48. The van der Waals surface area contributed by atoms with Crippen LogP contribution in [0.5, 0.6) is 0 Å². The van der Waals surface area contributed by atoms with Crippen molar-refractivity contribution < 1.29 is 13.2 Å². The van der Waals surface area contributed by atoms with E-state index in [1.54, 1.807) is 0 Å². The fourth-order valence-corrected chi connectivity index (χ4v) is 4.59. The first kappa shape index (κ1) is 17.3. The molecular formula is C17H20N4O3S. The molecule has 8 heteroatoms. The number of carbonyl (C=O) groups is 1. The predicted octanol–water partition coefficient (Wildman–Crippen LogP) is 1.94. The summed E-state index contributed by atoms with van der Waals surface area (Å²) in [5, 5.41) is 5.88. The molecule has 1 aromatic heterocycles. The molecule has 2 aromatic rings. The summed E-state index contributed by atoms with van der Waals surface area (Å²) in [6.45, 7) is 3.93. The Morgan fingerprint density at radius 2 is 1.84 bits per heavy atom. The number of anilines is 2. The topological polar surface area (TPSA) is 101 Å². The standard InChI is InChI=1S/C17H20N4O3S/c1-11-5-12(2)7-14(6-11)21-17(22)15-8-16(19-10-18-15)20-13-3-4-25(23,24)9-13/h5-8,10,13H,3-4,9H2,1-2H3,(H,21,22)(H,18,19,20). The second kappa shape index (κ2) is 6.79. The number of aryl methyl sites for hydroxylation is 2. The van der Waals surface area contributed by atoms with E-state index in [1.165, 1.54) is 12.4 Å². The summed E-state index contributed by atoms with van der Waals surface area (Å²) in [6, 6.07) is 7.14. The van der Waals surface area contributed by atoms with Crippen LogP contribution in [0.3, 0.4) is 0 Å². The van der Waals surface area contributed by atoms with Crippen LogP contribution in [0, 0.1) is 13.8 Å². The molecule has 0 saturated carbocycles. The van der Waals surface area contributed by atoms with Gasteiger partial charge in [0.15, 0.2) is 9.84 Å². The molecule has 25 heavy (non-hydrogen) atoms.